The average molecular weight is 471 g/mol. The molecule has 0 fully saturated rings. The van der Waals surface area contributed by atoms with Crippen LogP contribution in [-0.2, 0) is 4.79 Å². The largest absolute Gasteiger partial charge is 0.422 e. The van der Waals surface area contributed by atoms with Gasteiger partial charge >= 0.3 is 5.97 Å². The van der Waals surface area contributed by atoms with Crippen LogP contribution in [0.3, 0.4) is 0 Å². The van der Waals surface area contributed by atoms with Crippen LogP contribution in [0.5, 0.6) is 5.75 Å². The Kier molecular flexibility index (Phi) is 7.94. The number of nitrogens with zero attached hydrogens (tertiary/aromatic N) is 3. The van der Waals surface area contributed by atoms with E-state index in [0.29, 0.717) is 32.4 Å². The summed E-state index contributed by atoms with van der Waals surface area (Å²) in [5, 5.41) is 14.7. The van der Waals surface area contributed by atoms with Crippen molar-refractivity contribution in [2.45, 2.75) is 19.0 Å². The molecule has 158 valence electrons. The normalized spacial score (nSPS) is 11.2. The summed E-state index contributed by atoms with van der Waals surface area (Å²) in [6, 6.07) is 11.9. The highest BCUT2D eigenvalue weighted by Crippen LogP contribution is 2.23. The SMILES string of the molecule is CC(C)CSc1nsc(NC(=O)/C(C#N)=C\c2ccc(OC(=O)c3cccs3)cc2)n1. The van der Waals surface area contributed by atoms with E-state index in [1.54, 1.807) is 41.8 Å². The molecule has 0 saturated heterocycles. The standard InChI is InChI=1S/C21H18N4O3S3/c1-13(2)12-30-21-24-20(31-25-21)23-18(26)15(11-22)10-14-5-7-16(8-6-14)28-19(27)17-4-3-9-29-17/h3-10,13H,12H2,1-2H3,(H,23,24,25,26)/b15-10-. The Morgan fingerprint density at radius 3 is 2.71 bits per heavy atom. The van der Waals surface area contributed by atoms with E-state index in [9.17, 15) is 14.9 Å². The van der Waals surface area contributed by atoms with Gasteiger partial charge in [-0.05, 0) is 41.1 Å². The molecule has 3 aromatic rings. The molecule has 0 aliphatic rings. The van der Waals surface area contributed by atoms with Crippen LogP contribution < -0.4 is 10.1 Å². The lowest BCUT2D eigenvalue weighted by Gasteiger charge is -2.03. The second-order valence-electron chi connectivity index (χ2n) is 6.65. The molecule has 1 aromatic carbocycles. The van der Waals surface area contributed by atoms with Crippen molar-refractivity contribution in [2.75, 3.05) is 11.1 Å². The lowest BCUT2D eigenvalue weighted by molar-refractivity contribution is -0.112. The number of thioether (sulfide) groups is 1. The van der Waals surface area contributed by atoms with Gasteiger partial charge in [0.1, 0.15) is 22.3 Å². The first-order valence-electron chi connectivity index (χ1n) is 9.20. The van der Waals surface area contributed by atoms with Crippen LogP contribution in [0.2, 0.25) is 0 Å². The number of aromatic nitrogens is 2. The lowest BCUT2D eigenvalue weighted by Crippen LogP contribution is -2.13. The van der Waals surface area contributed by atoms with Crippen LogP contribution in [0.15, 0.2) is 52.5 Å². The molecular formula is C21H18N4O3S3. The van der Waals surface area contributed by atoms with Gasteiger partial charge in [-0.1, -0.05) is 43.8 Å². The van der Waals surface area contributed by atoms with Gasteiger partial charge in [-0.15, -0.1) is 11.3 Å². The number of anilines is 1. The van der Waals surface area contributed by atoms with E-state index in [1.807, 2.05) is 6.07 Å². The fourth-order valence-corrected chi connectivity index (χ4v) is 4.31. The number of hydrogen-bond acceptors (Lipinski definition) is 9. The monoisotopic (exact) mass is 470 g/mol. The van der Waals surface area contributed by atoms with Gasteiger partial charge in [-0.2, -0.15) is 14.6 Å². The van der Waals surface area contributed by atoms with E-state index in [-0.39, 0.29) is 5.57 Å². The zero-order valence-electron chi connectivity index (χ0n) is 16.7. The maximum Gasteiger partial charge on any atom is 0.353 e. The van der Waals surface area contributed by atoms with Gasteiger partial charge in [0, 0.05) is 17.3 Å². The maximum atomic E-state index is 12.4. The van der Waals surface area contributed by atoms with Gasteiger partial charge in [-0.3, -0.25) is 10.1 Å². The number of esters is 1. The quantitative estimate of drug-likeness (QED) is 0.160. The van der Waals surface area contributed by atoms with Gasteiger partial charge in [0.25, 0.3) is 5.91 Å². The molecule has 0 radical (unpaired) electrons. The highest BCUT2D eigenvalue weighted by molar-refractivity contribution is 7.99. The minimum Gasteiger partial charge on any atom is -0.422 e. The highest BCUT2D eigenvalue weighted by atomic mass is 32.2. The van der Waals surface area contributed by atoms with Crippen molar-refractivity contribution in [3.8, 4) is 11.8 Å². The van der Waals surface area contributed by atoms with Crippen LogP contribution in [0.1, 0.15) is 29.1 Å². The van der Waals surface area contributed by atoms with Crippen molar-refractivity contribution in [3.63, 3.8) is 0 Å². The van der Waals surface area contributed by atoms with Gasteiger partial charge in [0.2, 0.25) is 10.3 Å². The first kappa shape index (κ1) is 22.7. The van der Waals surface area contributed by atoms with Gasteiger partial charge in [-0.25, -0.2) is 4.79 Å². The molecule has 0 aliphatic carbocycles. The van der Waals surface area contributed by atoms with E-state index >= 15 is 0 Å². The van der Waals surface area contributed by atoms with Crippen LogP contribution >= 0.6 is 34.6 Å². The Hall–Kier alpha value is -3.00. The van der Waals surface area contributed by atoms with Crippen molar-refractivity contribution in [1.29, 1.82) is 5.26 Å². The number of nitriles is 1. The van der Waals surface area contributed by atoms with Crippen molar-refractivity contribution >= 4 is 57.7 Å². The second kappa shape index (κ2) is 10.9. The van der Waals surface area contributed by atoms with Gasteiger partial charge in [0.05, 0.1) is 0 Å². The number of rotatable bonds is 8. The number of hydrogen-bond donors (Lipinski definition) is 1. The van der Waals surface area contributed by atoms with Crippen molar-refractivity contribution < 1.29 is 14.3 Å². The van der Waals surface area contributed by atoms with Gasteiger partial charge in [0.15, 0.2) is 0 Å². The number of thiophene rings is 1. The summed E-state index contributed by atoms with van der Waals surface area (Å²) in [6.45, 7) is 4.21. The topological polar surface area (TPSA) is 105 Å². The molecule has 0 atom stereocenters. The van der Waals surface area contributed by atoms with E-state index in [0.717, 1.165) is 17.3 Å². The van der Waals surface area contributed by atoms with E-state index < -0.39 is 11.9 Å². The summed E-state index contributed by atoms with van der Waals surface area (Å²) < 4.78 is 9.50. The average Bonchev–Trinajstić information content (AvgIpc) is 3.44. The third kappa shape index (κ3) is 6.75. The smallest absolute Gasteiger partial charge is 0.353 e. The first-order chi connectivity index (χ1) is 14.9. The molecule has 3 rings (SSSR count). The second-order valence-corrected chi connectivity index (χ2v) is 9.33. The molecule has 0 bridgehead atoms. The molecule has 7 nitrogen and oxygen atoms in total. The first-order valence-corrected chi connectivity index (χ1v) is 11.8. The third-order valence-corrected chi connectivity index (χ3v) is 6.53. The summed E-state index contributed by atoms with van der Waals surface area (Å²) in [5.41, 5.74) is 0.544. The van der Waals surface area contributed by atoms with E-state index in [2.05, 4.69) is 28.5 Å². The summed E-state index contributed by atoms with van der Waals surface area (Å²) >= 11 is 3.89. The summed E-state index contributed by atoms with van der Waals surface area (Å²) in [5.74, 6) is 0.765. The Bertz CT molecular complexity index is 1110. The number of nitrogens with one attached hydrogen (secondary N) is 1. The molecule has 0 saturated carbocycles. The van der Waals surface area contributed by atoms with Crippen LogP contribution in [0.25, 0.3) is 6.08 Å². The van der Waals surface area contributed by atoms with Gasteiger partial charge < -0.3 is 4.74 Å². The Balaban J connectivity index is 1.62. The molecule has 1 amide bonds. The summed E-state index contributed by atoms with van der Waals surface area (Å²) in [4.78, 5) is 29.2. The van der Waals surface area contributed by atoms with Crippen molar-refractivity contribution in [2.24, 2.45) is 5.92 Å². The molecule has 31 heavy (non-hydrogen) atoms. The molecule has 1 N–H and O–H groups in total. The van der Waals surface area contributed by atoms with Crippen molar-refractivity contribution in [1.82, 2.24) is 9.36 Å². The van der Waals surface area contributed by atoms with Crippen LogP contribution in [0.4, 0.5) is 5.13 Å². The highest BCUT2D eigenvalue weighted by Gasteiger charge is 2.14. The van der Waals surface area contributed by atoms with Crippen LogP contribution in [0, 0.1) is 17.2 Å². The maximum absolute atomic E-state index is 12.4. The Morgan fingerprint density at radius 1 is 1.29 bits per heavy atom. The fourth-order valence-electron chi connectivity index (χ4n) is 2.22. The minimum absolute atomic E-state index is 0.0742. The fraction of sp³-hybridized carbons (Fsp3) is 0.190. The molecule has 0 spiro atoms. The number of carbonyl (C=O) groups excluding carboxylic acids is 2. The summed E-state index contributed by atoms with van der Waals surface area (Å²) in [7, 11) is 0. The predicted molar refractivity (Wildman–Crippen MR) is 123 cm³/mol. The minimum atomic E-state index is -0.563. The number of carbonyl (C=O) groups is 2. The molecule has 10 heteroatoms. The zero-order valence-corrected chi connectivity index (χ0v) is 19.1. The Labute approximate surface area is 192 Å². The van der Waals surface area contributed by atoms with E-state index in [4.69, 9.17) is 4.74 Å². The number of amides is 1. The lowest BCUT2D eigenvalue weighted by atomic mass is 10.1. The predicted octanol–water partition coefficient (Wildman–Crippen LogP) is 5.11. The molecule has 0 unspecified atom stereocenters. The Morgan fingerprint density at radius 2 is 2.06 bits per heavy atom. The van der Waals surface area contributed by atoms with Crippen LogP contribution in [-0.4, -0.2) is 27.0 Å². The molecule has 2 aromatic heterocycles. The number of benzene rings is 1. The molecular weight excluding hydrogens is 452 g/mol. The molecule has 2 heterocycles. The zero-order chi connectivity index (χ0) is 22.2. The third-order valence-electron chi connectivity index (χ3n) is 3.66. The number of ether oxygens (including phenoxy) is 1. The summed E-state index contributed by atoms with van der Waals surface area (Å²) in [6.07, 6.45) is 1.45. The molecule has 0 aliphatic heterocycles. The van der Waals surface area contributed by atoms with Crippen molar-refractivity contribution in [3.05, 3.63) is 57.8 Å². The van der Waals surface area contributed by atoms with E-state index in [1.165, 1.54) is 29.2 Å².